The number of rotatable bonds is 8. The predicted octanol–water partition coefficient (Wildman–Crippen LogP) is 4.97. The number of Topliss-reactive ketones (excluding diaryl/α,β-unsaturated/α-hetero) is 1. The normalized spacial score (nSPS) is 10.7. The minimum atomic E-state index is 0.173. The van der Waals surface area contributed by atoms with Crippen molar-refractivity contribution in [2.24, 2.45) is 0 Å². The van der Waals surface area contributed by atoms with Crippen molar-refractivity contribution in [3.05, 3.63) is 35.5 Å². The molecule has 0 aliphatic rings. The Hall–Kier alpha value is -2.08. The number of unbranched alkanes of at least 4 members (excludes halogenated alkanes) is 5. The second-order valence-electron chi connectivity index (χ2n) is 5.52. The number of aromatic nitrogens is 1. The lowest BCUT2D eigenvalue weighted by Crippen LogP contribution is -1.98. The quantitative estimate of drug-likeness (QED) is 0.548. The highest BCUT2D eigenvalue weighted by molar-refractivity contribution is 6.08. The number of aromatic amines is 1. The van der Waals surface area contributed by atoms with E-state index in [4.69, 9.17) is 5.26 Å². The van der Waals surface area contributed by atoms with Crippen LogP contribution in [0.5, 0.6) is 0 Å². The Morgan fingerprint density at radius 2 is 1.95 bits per heavy atom. The molecule has 21 heavy (non-hydrogen) atoms. The molecule has 0 amide bonds. The fourth-order valence-electron chi connectivity index (χ4n) is 2.62. The van der Waals surface area contributed by atoms with Crippen LogP contribution in [0.1, 0.15) is 67.8 Å². The first kappa shape index (κ1) is 15.3. The highest BCUT2D eigenvalue weighted by Gasteiger charge is 2.12. The molecule has 2 aromatic rings. The van der Waals surface area contributed by atoms with Gasteiger partial charge in [0.15, 0.2) is 5.78 Å². The van der Waals surface area contributed by atoms with Crippen molar-refractivity contribution in [2.45, 2.75) is 51.9 Å². The van der Waals surface area contributed by atoms with Gasteiger partial charge in [0, 0.05) is 29.1 Å². The van der Waals surface area contributed by atoms with Crippen LogP contribution in [0.2, 0.25) is 0 Å². The van der Waals surface area contributed by atoms with Crippen LogP contribution in [-0.2, 0) is 0 Å². The molecule has 0 aliphatic heterocycles. The summed E-state index contributed by atoms with van der Waals surface area (Å²) in [6.07, 6.45) is 9.45. The molecule has 0 saturated carbocycles. The first-order valence-electron chi connectivity index (χ1n) is 7.80. The van der Waals surface area contributed by atoms with E-state index in [1.54, 1.807) is 18.3 Å². The molecular weight excluding hydrogens is 260 g/mol. The van der Waals surface area contributed by atoms with Gasteiger partial charge in [0.2, 0.25) is 0 Å². The van der Waals surface area contributed by atoms with Gasteiger partial charge in [-0.3, -0.25) is 4.79 Å². The zero-order valence-electron chi connectivity index (χ0n) is 12.6. The summed E-state index contributed by atoms with van der Waals surface area (Å²) in [6.45, 7) is 2.20. The average molecular weight is 282 g/mol. The van der Waals surface area contributed by atoms with Gasteiger partial charge in [-0.2, -0.15) is 5.26 Å². The molecule has 0 radical (unpaired) electrons. The summed E-state index contributed by atoms with van der Waals surface area (Å²) in [6, 6.07) is 7.53. The summed E-state index contributed by atoms with van der Waals surface area (Å²) >= 11 is 0. The number of hydrogen-bond acceptors (Lipinski definition) is 2. The van der Waals surface area contributed by atoms with Crippen LogP contribution >= 0.6 is 0 Å². The lowest BCUT2D eigenvalue weighted by atomic mass is 10.0. The van der Waals surface area contributed by atoms with Gasteiger partial charge in [-0.15, -0.1) is 0 Å². The number of hydrogen-bond donors (Lipinski definition) is 1. The van der Waals surface area contributed by atoms with Gasteiger partial charge < -0.3 is 4.98 Å². The third-order valence-corrected chi connectivity index (χ3v) is 3.87. The molecule has 1 N–H and O–H groups in total. The summed E-state index contributed by atoms with van der Waals surface area (Å²) < 4.78 is 0. The highest BCUT2D eigenvalue weighted by atomic mass is 16.1. The molecule has 110 valence electrons. The van der Waals surface area contributed by atoms with Gasteiger partial charge in [0.1, 0.15) is 0 Å². The number of ketones is 1. The van der Waals surface area contributed by atoms with Gasteiger partial charge in [-0.1, -0.05) is 39.0 Å². The second kappa shape index (κ2) is 7.64. The Bertz CT molecular complexity index is 649. The third kappa shape index (κ3) is 3.95. The van der Waals surface area contributed by atoms with E-state index in [-0.39, 0.29) is 5.78 Å². The van der Waals surface area contributed by atoms with Gasteiger partial charge in [0.25, 0.3) is 0 Å². The molecule has 0 fully saturated rings. The van der Waals surface area contributed by atoms with Crippen molar-refractivity contribution in [3.63, 3.8) is 0 Å². The topological polar surface area (TPSA) is 56.6 Å². The number of nitriles is 1. The minimum Gasteiger partial charge on any atom is -0.360 e. The molecule has 0 saturated heterocycles. The minimum absolute atomic E-state index is 0.173. The fourth-order valence-corrected chi connectivity index (χ4v) is 2.62. The molecule has 0 unspecified atom stereocenters. The monoisotopic (exact) mass is 282 g/mol. The second-order valence-corrected chi connectivity index (χ2v) is 5.52. The Kier molecular flexibility index (Phi) is 5.57. The van der Waals surface area contributed by atoms with Crippen molar-refractivity contribution in [3.8, 4) is 6.07 Å². The van der Waals surface area contributed by atoms with Crippen molar-refractivity contribution >= 4 is 16.7 Å². The fraction of sp³-hybridized carbons (Fsp3) is 0.444. The molecule has 3 heteroatoms. The highest BCUT2D eigenvalue weighted by Crippen LogP contribution is 2.22. The van der Waals surface area contributed by atoms with Crippen LogP contribution < -0.4 is 0 Å². The van der Waals surface area contributed by atoms with Crippen LogP contribution in [0, 0.1) is 11.3 Å². The van der Waals surface area contributed by atoms with Gasteiger partial charge in [-0.25, -0.2) is 0 Å². The molecule has 0 bridgehead atoms. The number of carbonyl (C=O) groups excluding carboxylic acids is 1. The molecule has 0 atom stereocenters. The third-order valence-electron chi connectivity index (χ3n) is 3.87. The van der Waals surface area contributed by atoms with E-state index in [0.717, 1.165) is 29.3 Å². The van der Waals surface area contributed by atoms with E-state index in [1.165, 1.54) is 25.7 Å². The SMILES string of the molecule is CCCCCCCCC(=O)c1c[nH]c2ccc(C#N)cc12. The van der Waals surface area contributed by atoms with E-state index in [2.05, 4.69) is 18.0 Å². The Morgan fingerprint density at radius 1 is 1.19 bits per heavy atom. The van der Waals surface area contributed by atoms with Crippen molar-refractivity contribution < 1.29 is 4.79 Å². The van der Waals surface area contributed by atoms with Crippen LogP contribution in [-0.4, -0.2) is 10.8 Å². The van der Waals surface area contributed by atoms with Crippen molar-refractivity contribution in [1.82, 2.24) is 4.98 Å². The number of benzene rings is 1. The molecular formula is C18H22N2O. The Morgan fingerprint density at radius 3 is 2.71 bits per heavy atom. The lowest BCUT2D eigenvalue weighted by molar-refractivity contribution is 0.0980. The molecule has 1 aromatic carbocycles. The van der Waals surface area contributed by atoms with Crippen molar-refractivity contribution in [2.75, 3.05) is 0 Å². The van der Waals surface area contributed by atoms with Crippen LogP contribution in [0.4, 0.5) is 0 Å². The number of carbonyl (C=O) groups is 1. The van der Waals surface area contributed by atoms with E-state index in [9.17, 15) is 4.79 Å². The average Bonchev–Trinajstić information content (AvgIpc) is 2.93. The smallest absolute Gasteiger partial charge is 0.165 e. The molecule has 1 aromatic heterocycles. The van der Waals surface area contributed by atoms with Crippen LogP contribution in [0.3, 0.4) is 0 Å². The van der Waals surface area contributed by atoms with Crippen LogP contribution in [0.15, 0.2) is 24.4 Å². The number of H-pyrrole nitrogens is 1. The summed E-state index contributed by atoms with van der Waals surface area (Å²) in [5.74, 6) is 0.173. The maximum atomic E-state index is 12.3. The van der Waals surface area contributed by atoms with E-state index >= 15 is 0 Å². The van der Waals surface area contributed by atoms with Crippen molar-refractivity contribution in [1.29, 1.82) is 5.26 Å². The predicted molar refractivity (Wildman–Crippen MR) is 85.3 cm³/mol. The Labute approximate surface area is 126 Å². The first-order chi connectivity index (χ1) is 10.3. The van der Waals surface area contributed by atoms with E-state index < -0.39 is 0 Å². The molecule has 3 nitrogen and oxygen atoms in total. The largest absolute Gasteiger partial charge is 0.360 e. The zero-order valence-corrected chi connectivity index (χ0v) is 12.6. The van der Waals surface area contributed by atoms with Gasteiger partial charge in [-0.05, 0) is 24.6 Å². The molecule has 2 rings (SSSR count). The number of nitrogens with one attached hydrogen (secondary N) is 1. The van der Waals surface area contributed by atoms with Gasteiger partial charge >= 0.3 is 0 Å². The number of nitrogens with zero attached hydrogens (tertiary/aromatic N) is 1. The summed E-state index contributed by atoms with van der Waals surface area (Å²) in [5, 5.41) is 9.83. The lowest BCUT2D eigenvalue weighted by Gasteiger charge is -2.01. The Balaban J connectivity index is 1.95. The number of fused-ring (bicyclic) bond motifs is 1. The van der Waals surface area contributed by atoms with E-state index in [1.807, 2.05) is 6.07 Å². The van der Waals surface area contributed by atoms with Gasteiger partial charge in [0.05, 0.1) is 11.6 Å². The molecule has 0 aliphatic carbocycles. The molecule has 0 spiro atoms. The van der Waals surface area contributed by atoms with Crippen LogP contribution in [0.25, 0.3) is 10.9 Å². The van der Waals surface area contributed by atoms with E-state index in [0.29, 0.717) is 12.0 Å². The maximum absolute atomic E-state index is 12.3. The molecule has 1 heterocycles. The summed E-state index contributed by atoms with van der Waals surface area (Å²) in [4.78, 5) is 15.4. The maximum Gasteiger partial charge on any atom is 0.165 e. The summed E-state index contributed by atoms with van der Waals surface area (Å²) in [5.41, 5.74) is 2.23. The first-order valence-corrected chi connectivity index (χ1v) is 7.80. The zero-order chi connectivity index (χ0) is 15.1. The standard InChI is InChI=1S/C18H22N2O/c1-2-3-4-5-6-7-8-18(21)16-13-20-17-10-9-14(12-19)11-15(16)17/h9-11,13,20H,2-8H2,1H3. The summed E-state index contributed by atoms with van der Waals surface area (Å²) in [7, 11) is 0.